The third-order valence-corrected chi connectivity index (χ3v) is 6.23. The Morgan fingerprint density at radius 3 is 2.35 bits per heavy atom. The van der Waals surface area contributed by atoms with Crippen LogP contribution in [0, 0.1) is 23.7 Å². The van der Waals surface area contributed by atoms with Gasteiger partial charge in [0, 0.05) is 11.1 Å². The van der Waals surface area contributed by atoms with E-state index in [-0.39, 0.29) is 23.0 Å². The van der Waals surface area contributed by atoms with Crippen LogP contribution < -0.4 is 10.9 Å². The quantitative estimate of drug-likeness (QED) is 0.742. The molecule has 110 valence electrons. The fraction of sp³-hybridized carbons (Fsp3) is 0.647. The van der Waals surface area contributed by atoms with Crippen molar-refractivity contribution in [1.29, 1.82) is 0 Å². The average molecular weight is 274 g/mol. The summed E-state index contributed by atoms with van der Waals surface area (Å²) in [7, 11) is 0. The summed E-state index contributed by atoms with van der Waals surface area (Å²) in [6, 6.07) is 8.44. The second-order valence-electron chi connectivity index (χ2n) is 7.39. The van der Waals surface area contributed by atoms with Gasteiger partial charge in [0.25, 0.3) is 0 Å². The van der Waals surface area contributed by atoms with Crippen LogP contribution in [0.2, 0.25) is 0 Å². The molecule has 3 rings (SSSR count). The van der Waals surface area contributed by atoms with Crippen LogP contribution in [0.15, 0.2) is 24.3 Å². The standard InChI is InChI=1S/C17H26N2O/c1-11-5-7-12(8-6-11)18-19-14-13-9-10-17(4,15(14)20)16(13,2)3/h5-8,13-15,18-20H,9-10H2,1-4H3/t13-,14?,15?,17+/m1/s1. The minimum atomic E-state index is -0.283. The molecule has 0 heterocycles. The van der Waals surface area contributed by atoms with Crippen LogP contribution in [0.5, 0.6) is 0 Å². The summed E-state index contributed by atoms with van der Waals surface area (Å²) >= 11 is 0. The Balaban J connectivity index is 1.72. The van der Waals surface area contributed by atoms with E-state index in [1.54, 1.807) is 0 Å². The van der Waals surface area contributed by atoms with Crippen LogP contribution in [0.25, 0.3) is 0 Å². The maximum atomic E-state index is 10.7. The maximum Gasteiger partial charge on any atom is 0.0772 e. The monoisotopic (exact) mass is 274 g/mol. The van der Waals surface area contributed by atoms with Crippen LogP contribution in [0.3, 0.4) is 0 Å². The first-order chi connectivity index (χ1) is 9.36. The minimum Gasteiger partial charge on any atom is -0.391 e. The van der Waals surface area contributed by atoms with Crippen molar-refractivity contribution >= 4 is 5.69 Å². The number of aliphatic hydroxyl groups is 1. The molecule has 2 saturated carbocycles. The van der Waals surface area contributed by atoms with Gasteiger partial charge in [-0.05, 0) is 43.2 Å². The highest BCUT2D eigenvalue weighted by Gasteiger charge is 2.65. The van der Waals surface area contributed by atoms with E-state index in [1.807, 2.05) is 0 Å². The van der Waals surface area contributed by atoms with Crippen LogP contribution in [0.1, 0.15) is 39.2 Å². The number of aryl methyl sites for hydroxylation is 1. The lowest BCUT2D eigenvalue weighted by Gasteiger charge is -2.37. The summed E-state index contributed by atoms with van der Waals surface area (Å²) in [5.74, 6) is 0.528. The van der Waals surface area contributed by atoms with E-state index in [0.717, 1.165) is 12.1 Å². The van der Waals surface area contributed by atoms with Gasteiger partial charge in [0.15, 0.2) is 0 Å². The van der Waals surface area contributed by atoms with E-state index in [4.69, 9.17) is 0 Å². The van der Waals surface area contributed by atoms with Crippen molar-refractivity contribution in [3.63, 3.8) is 0 Å². The normalized spacial score (nSPS) is 38.1. The van der Waals surface area contributed by atoms with Gasteiger partial charge in [-0.3, -0.25) is 0 Å². The van der Waals surface area contributed by atoms with Crippen molar-refractivity contribution in [2.24, 2.45) is 16.7 Å². The number of anilines is 1. The van der Waals surface area contributed by atoms with Gasteiger partial charge in [-0.1, -0.05) is 38.5 Å². The second-order valence-corrected chi connectivity index (χ2v) is 7.39. The number of hydrazine groups is 1. The third-order valence-electron chi connectivity index (χ3n) is 6.23. The number of aliphatic hydroxyl groups excluding tert-OH is 1. The molecule has 2 aliphatic carbocycles. The molecular formula is C17H26N2O. The molecule has 3 nitrogen and oxygen atoms in total. The van der Waals surface area contributed by atoms with Crippen molar-refractivity contribution in [1.82, 2.24) is 5.43 Å². The maximum absolute atomic E-state index is 10.7. The Kier molecular flexibility index (Phi) is 3.11. The molecule has 0 aromatic heterocycles. The van der Waals surface area contributed by atoms with Gasteiger partial charge in [-0.15, -0.1) is 0 Å². The Hall–Kier alpha value is -1.06. The molecule has 0 spiro atoms. The zero-order valence-corrected chi connectivity index (χ0v) is 12.9. The fourth-order valence-corrected chi connectivity index (χ4v) is 4.32. The Bertz CT molecular complexity index is 496. The molecule has 0 saturated heterocycles. The fourth-order valence-electron chi connectivity index (χ4n) is 4.32. The third kappa shape index (κ3) is 1.80. The first-order valence-corrected chi connectivity index (χ1v) is 7.62. The summed E-state index contributed by atoms with van der Waals surface area (Å²) in [6.07, 6.45) is 2.05. The molecule has 0 amide bonds. The topological polar surface area (TPSA) is 44.3 Å². The molecule has 20 heavy (non-hydrogen) atoms. The molecule has 0 aliphatic heterocycles. The van der Waals surface area contributed by atoms with Crippen LogP contribution >= 0.6 is 0 Å². The van der Waals surface area contributed by atoms with E-state index >= 15 is 0 Å². The lowest BCUT2D eigenvalue weighted by Crippen LogP contribution is -2.49. The molecule has 4 atom stereocenters. The lowest BCUT2D eigenvalue weighted by molar-refractivity contribution is 0.00124. The Morgan fingerprint density at radius 1 is 1.15 bits per heavy atom. The largest absolute Gasteiger partial charge is 0.391 e. The summed E-state index contributed by atoms with van der Waals surface area (Å²) in [6.45, 7) is 8.94. The highest BCUT2D eigenvalue weighted by Crippen LogP contribution is 2.65. The van der Waals surface area contributed by atoms with Crippen molar-refractivity contribution in [3.05, 3.63) is 29.8 Å². The average Bonchev–Trinajstić information content (AvgIpc) is 2.71. The van der Waals surface area contributed by atoms with Gasteiger partial charge in [-0.25, -0.2) is 5.43 Å². The minimum absolute atomic E-state index is 0.0320. The number of rotatable bonds is 3. The SMILES string of the molecule is Cc1ccc(NNC2C(O)[C@]3(C)CC[C@H]2C3(C)C)cc1. The summed E-state index contributed by atoms with van der Waals surface area (Å²) in [5.41, 5.74) is 9.18. The molecule has 3 N–H and O–H groups in total. The van der Waals surface area contributed by atoms with Crippen molar-refractivity contribution in [2.45, 2.75) is 52.7 Å². The van der Waals surface area contributed by atoms with E-state index in [1.165, 1.54) is 12.0 Å². The molecule has 0 radical (unpaired) electrons. The molecule has 2 unspecified atom stereocenters. The Morgan fingerprint density at radius 2 is 1.80 bits per heavy atom. The van der Waals surface area contributed by atoms with Crippen LogP contribution in [0.4, 0.5) is 5.69 Å². The number of hydrogen-bond acceptors (Lipinski definition) is 3. The molecule has 2 aliphatic rings. The van der Waals surface area contributed by atoms with Gasteiger partial charge >= 0.3 is 0 Å². The van der Waals surface area contributed by atoms with Crippen LogP contribution in [-0.4, -0.2) is 17.3 Å². The zero-order chi connectivity index (χ0) is 14.5. The van der Waals surface area contributed by atoms with Crippen molar-refractivity contribution in [3.8, 4) is 0 Å². The number of hydrogen-bond donors (Lipinski definition) is 3. The zero-order valence-electron chi connectivity index (χ0n) is 12.9. The summed E-state index contributed by atoms with van der Waals surface area (Å²) < 4.78 is 0. The summed E-state index contributed by atoms with van der Waals surface area (Å²) in [5, 5.41) is 10.7. The van der Waals surface area contributed by atoms with E-state index in [0.29, 0.717) is 5.92 Å². The smallest absolute Gasteiger partial charge is 0.0772 e. The van der Waals surface area contributed by atoms with Gasteiger partial charge < -0.3 is 10.5 Å². The molecule has 1 aromatic rings. The highest BCUT2D eigenvalue weighted by atomic mass is 16.3. The molecule has 1 aromatic carbocycles. The molecule has 2 fully saturated rings. The van der Waals surface area contributed by atoms with Crippen molar-refractivity contribution < 1.29 is 5.11 Å². The lowest BCUT2D eigenvalue weighted by atomic mass is 9.70. The van der Waals surface area contributed by atoms with Gasteiger partial charge in [-0.2, -0.15) is 0 Å². The molecule has 3 heteroatoms. The summed E-state index contributed by atoms with van der Waals surface area (Å²) in [4.78, 5) is 0. The number of benzene rings is 1. The van der Waals surface area contributed by atoms with E-state index < -0.39 is 0 Å². The van der Waals surface area contributed by atoms with E-state index in [9.17, 15) is 5.11 Å². The Labute approximate surface area is 121 Å². The number of nitrogens with one attached hydrogen (secondary N) is 2. The first kappa shape index (κ1) is 13.9. The predicted molar refractivity (Wildman–Crippen MR) is 82.3 cm³/mol. The highest BCUT2D eigenvalue weighted by molar-refractivity contribution is 5.43. The molecule has 2 bridgehead atoms. The first-order valence-electron chi connectivity index (χ1n) is 7.62. The van der Waals surface area contributed by atoms with Crippen molar-refractivity contribution in [2.75, 3.05) is 5.43 Å². The van der Waals surface area contributed by atoms with Gasteiger partial charge in [0.1, 0.15) is 0 Å². The van der Waals surface area contributed by atoms with Gasteiger partial charge in [0.05, 0.1) is 12.1 Å². The number of fused-ring (bicyclic) bond motifs is 2. The molecular weight excluding hydrogens is 248 g/mol. The predicted octanol–water partition coefficient (Wildman–Crippen LogP) is 3.10. The van der Waals surface area contributed by atoms with Crippen LogP contribution in [-0.2, 0) is 0 Å². The van der Waals surface area contributed by atoms with E-state index in [2.05, 4.69) is 62.8 Å². The second kappa shape index (κ2) is 4.47. The van der Waals surface area contributed by atoms with Gasteiger partial charge in [0.2, 0.25) is 0 Å².